The summed E-state index contributed by atoms with van der Waals surface area (Å²) in [5.74, 6) is 0. The molecule has 96 valence electrons. The molecule has 0 aliphatic rings. The van der Waals surface area contributed by atoms with E-state index in [0.717, 1.165) is 28.7 Å². The Hall–Kier alpha value is -0.580. The Morgan fingerprint density at radius 1 is 1.35 bits per heavy atom. The number of aliphatic hydroxyl groups is 1. The Bertz CT molecular complexity index is 355. The minimum absolute atomic E-state index is 0.223. The van der Waals surface area contributed by atoms with E-state index in [-0.39, 0.29) is 6.61 Å². The fourth-order valence-electron chi connectivity index (χ4n) is 1.84. The predicted molar refractivity (Wildman–Crippen MR) is 76.2 cm³/mol. The summed E-state index contributed by atoms with van der Waals surface area (Å²) >= 11 is 3.51. The number of hydrogen-bond acceptors (Lipinski definition) is 3. The minimum atomic E-state index is 0.223. The summed E-state index contributed by atoms with van der Waals surface area (Å²) in [5.41, 5.74) is 7.96. The van der Waals surface area contributed by atoms with Gasteiger partial charge >= 0.3 is 0 Å². The molecule has 0 heterocycles. The molecule has 0 aliphatic heterocycles. The molecule has 1 aromatic rings. The largest absolute Gasteiger partial charge is 0.396 e. The molecule has 0 aromatic heterocycles. The van der Waals surface area contributed by atoms with Crippen molar-refractivity contribution in [3.63, 3.8) is 0 Å². The Labute approximate surface area is 112 Å². The van der Waals surface area contributed by atoms with Gasteiger partial charge in [0, 0.05) is 35.9 Å². The van der Waals surface area contributed by atoms with Crippen LogP contribution in [-0.4, -0.2) is 24.3 Å². The first kappa shape index (κ1) is 14.5. The number of nitrogens with zero attached hydrogens (tertiary/aromatic N) is 1. The van der Waals surface area contributed by atoms with E-state index in [1.165, 1.54) is 0 Å². The molecule has 17 heavy (non-hydrogen) atoms. The topological polar surface area (TPSA) is 49.5 Å². The molecule has 0 bridgehead atoms. The lowest BCUT2D eigenvalue weighted by Crippen LogP contribution is -2.32. The van der Waals surface area contributed by atoms with Crippen LogP contribution in [0.15, 0.2) is 22.7 Å². The van der Waals surface area contributed by atoms with Crippen LogP contribution in [0.1, 0.15) is 25.8 Å². The number of benzene rings is 1. The number of anilines is 1. The lowest BCUT2D eigenvalue weighted by molar-refractivity contribution is 0.288. The standard InChI is InChI=1S/C13H21BrN2O/c1-10(2)16(4-3-5-17)13-7-11(9-15)6-12(14)8-13/h6-8,10,17H,3-5,9,15H2,1-2H3. The van der Waals surface area contributed by atoms with Crippen LogP contribution in [0, 0.1) is 0 Å². The third-order valence-electron chi connectivity index (χ3n) is 2.69. The Morgan fingerprint density at radius 2 is 2.06 bits per heavy atom. The second-order valence-corrected chi connectivity index (χ2v) is 5.30. The Kier molecular flexibility index (Phi) is 5.95. The first-order valence-corrected chi connectivity index (χ1v) is 6.74. The quantitative estimate of drug-likeness (QED) is 0.849. The first-order valence-electron chi connectivity index (χ1n) is 5.95. The van der Waals surface area contributed by atoms with E-state index >= 15 is 0 Å². The lowest BCUT2D eigenvalue weighted by atomic mass is 10.1. The van der Waals surface area contributed by atoms with Gasteiger partial charge in [-0.15, -0.1) is 0 Å². The molecule has 3 nitrogen and oxygen atoms in total. The fraction of sp³-hybridized carbons (Fsp3) is 0.538. The van der Waals surface area contributed by atoms with Crippen LogP contribution in [0.2, 0.25) is 0 Å². The molecule has 0 fully saturated rings. The van der Waals surface area contributed by atoms with Gasteiger partial charge in [-0.25, -0.2) is 0 Å². The molecule has 3 N–H and O–H groups in total. The molecule has 0 aliphatic carbocycles. The fourth-order valence-corrected chi connectivity index (χ4v) is 2.37. The minimum Gasteiger partial charge on any atom is -0.396 e. The van der Waals surface area contributed by atoms with Crippen LogP contribution in [0.4, 0.5) is 5.69 Å². The van der Waals surface area contributed by atoms with Crippen molar-refractivity contribution in [2.75, 3.05) is 18.1 Å². The summed E-state index contributed by atoms with van der Waals surface area (Å²) in [5, 5.41) is 8.94. The highest BCUT2D eigenvalue weighted by atomic mass is 79.9. The normalized spacial score (nSPS) is 10.9. The van der Waals surface area contributed by atoms with Gasteiger partial charge in [0.1, 0.15) is 0 Å². The van der Waals surface area contributed by atoms with Gasteiger partial charge < -0.3 is 15.7 Å². The molecule has 4 heteroatoms. The van der Waals surface area contributed by atoms with E-state index in [4.69, 9.17) is 10.8 Å². The van der Waals surface area contributed by atoms with Gasteiger partial charge in [0.2, 0.25) is 0 Å². The van der Waals surface area contributed by atoms with Gasteiger partial charge in [-0.2, -0.15) is 0 Å². The van der Waals surface area contributed by atoms with Gasteiger partial charge in [0.05, 0.1) is 0 Å². The third-order valence-corrected chi connectivity index (χ3v) is 3.15. The Balaban J connectivity index is 2.96. The molecule has 0 radical (unpaired) electrons. The zero-order chi connectivity index (χ0) is 12.8. The molecule has 1 rings (SSSR count). The van der Waals surface area contributed by atoms with Crippen molar-refractivity contribution in [3.8, 4) is 0 Å². The maximum absolute atomic E-state index is 8.94. The molecule has 0 spiro atoms. The van der Waals surface area contributed by atoms with Crippen molar-refractivity contribution in [3.05, 3.63) is 28.2 Å². The van der Waals surface area contributed by atoms with Crippen molar-refractivity contribution in [2.24, 2.45) is 5.73 Å². The molecule has 0 saturated carbocycles. The molecule has 0 amide bonds. The highest BCUT2D eigenvalue weighted by Crippen LogP contribution is 2.24. The average Bonchev–Trinajstić information content (AvgIpc) is 2.28. The zero-order valence-corrected chi connectivity index (χ0v) is 12.1. The summed E-state index contributed by atoms with van der Waals surface area (Å²) in [6.07, 6.45) is 0.780. The third kappa shape index (κ3) is 4.30. The van der Waals surface area contributed by atoms with Gasteiger partial charge in [0.25, 0.3) is 0 Å². The van der Waals surface area contributed by atoms with E-state index < -0.39 is 0 Å². The second-order valence-electron chi connectivity index (χ2n) is 4.39. The number of nitrogens with two attached hydrogens (primary N) is 1. The van der Waals surface area contributed by atoms with Gasteiger partial charge in [-0.05, 0) is 44.0 Å². The van der Waals surface area contributed by atoms with Gasteiger partial charge in [-0.1, -0.05) is 15.9 Å². The average molecular weight is 301 g/mol. The summed E-state index contributed by atoms with van der Waals surface area (Å²) < 4.78 is 1.05. The maximum Gasteiger partial charge on any atom is 0.0447 e. The van der Waals surface area contributed by atoms with Crippen molar-refractivity contribution < 1.29 is 5.11 Å². The first-order chi connectivity index (χ1) is 8.08. The Morgan fingerprint density at radius 3 is 2.59 bits per heavy atom. The van der Waals surface area contributed by atoms with Crippen LogP contribution in [-0.2, 0) is 6.54 Å². The highest BCUT2D eigenvalue weighted by molar-refractivity contribution is 9.10. The summed E-state index contributed by atoms with van der Waals surface area (Å²) in [6, 6.07) is 6.65. The molecule has 0 saturated heterocycles. The van der Waals surface area contributed by atoms with E-state index in [1.54, 1.807) is 0 Å². The second kappa shape index (κ2) is 6.99. The monoisotopic (exact) mass is 300 g/mol. The molecular formula is C13H21BrN2O. The number of hydrogen-bond donors (Lipinski definition) is 2. The predicted octanol–water partition coefficient (Wildman–Crippen LogP) is 2.50. The van der Waals surface area contributed by atoms with Crippen molar-refractivity contribution >= 4 is 21.6 Å². The van der Waals surface area contributed by atoms with Gasteiger partial charge in [0.15, 0.2) is 0 Å². The van der Waals surface area contributed by atoms with E-state index in [2.05, 4.69) is 46.8 Å². The van der Waals surface area contributed by atoms with Crippen LogP contribution >= 0.6 is 15.9 Å². The summed E-state index contributed by atoms with van der Waals surface area (Å²) in [7, 11) is 0. The van der Waals surface area contributed by atoms with Gasteiger partial charge in [-0.3, -0.25) is 0 Å². The van der Waals surface area contributed by atoms with Crippen molar-refractivity contribution in [1.82, 2.24) is 0 Å². The number of aliphatic hydroxyl groups excluding tert-OH is 1. The molecule has 0 unspecified atom stereocenters. The van der Waals surface area contributed by atoms with E-state index in [1.807, 2.05) is 6.07 Å². The van der Waals surface area contributed by atoms with Crippen LogP contribution < -0.4 is 10.6 Å². The van der Waals surface area contributed by atoms with Crippen LogP contribution in [0.5, 0.6) is 0 Å². The molecular weight excluding hydrogens is 280 g/mol. The van der Waals surface area contributed by atoms with Crippen LogP contribution in [0.25, 0.3) is 0 Å². The maximum atomic E-state index is 8.94. The highest BCUT2D eigenvalue weighted by Gasteiger charge is 2.11. The zero-order valence-electron chi connectivity index (χ0n) is 10.5. The lowest BCUT2D eigenvalue weighted by Gasteiger charge is -2.29. The van der Waals surface area contributed by atoms with Crippen LogP contribution in [0.3, 0.4) is 0 Å². The molecule has 0 atom stereocenters. The van der Waals surface area contributed by atoms with E-state index in [0.29, 0.717) is 12.6 Å². The van der Waals surface area contributed by atoms with Crippen molar-refractivity contribution in [1.29, 1.82) is 0 Å². The SMILES string of the molecule is CC(C)N(CCCO)c1cc(Br)cc(CN)c1. The number of rotatable bonds is 6. The summed E-state index contributed by atoms with van der Waals surface area (Å²) in [4.78, 5) is 2.28. The van der Waals surface area contributed by atoms with Crippen molar-refractivity contribution in [2.45, 2.75) is 32.9 Å². The summed E-state index contributed by atoms with van der Waals surface area (Å²) in [6.45, 7) is 5.93. The smallest absolute Gasteiger partial charge is 0.0447 e. The molecule has 1 aromatic carbocycles. The van der Waals surface area contributed by atoms with E-state index in [9.17, 15) is 0 Å². The number of halogens is 1.